The van der Waals surface area contributed by atoms with E-state index in [4.69, 9.17) is 4.74 Å². The van der Waals surface area contributed by atoms with E-state index >= 15 is 0 Å². The maximum Gasteiger partial charge on any atom is 0.123 e. The second-order valence-electron chi connectivity index (χ2n) is 4.27. The molecule has 0 atom stereocenters. The van der Waals surface area contributed by atoms with E-state index in [0.29, 0.717) is 0 Å². The summed E-state index contributed by atoms with van der Waals surface area (Å²) in [5.41, 5.74) is 1.76. The number of hydrogen-bond donors (Lipinski definition) is 0. The first-order valence-electron chi connectivity index (χ1n) is 6.13. The van der Waals surface area contributed by atoms with Crippen molar-refractivity contribution in [2.75, 3.05) is 7.11 Å². The van der Waals surface area contributed by atoms with Crippen molar-refractivity contribution >= 4 is 33.7 Å². The van der Waals surface area contributed by atoms with E-state index in [0.717, 1.165) is 26.5 Å². The third-order valence-corrected chi connectivity index (χ3v) is 3.86. The van der Waals surface area contributed by atoms with Crippen LogP contribution in [0, 0.1) is 5.82 Å². The summed E-state index contributed by atoms with van der Waals surface area (Å²) < 4.78 is 19.3. The molecule has 0 radical (unpaired) electrons. The van der Waals surface area contributed by atoms with E-state index in [1.54, 1.807) is 24.5 Å². The van der Waals surface area contributed by atoms with Crippen molar-refractivity contribution in [2.45, 2.75) is 0 Å². The first-order chi connectivity index (χ1) is 9.74. The van der Waals surface area contributed by atoms with E-state index in [2.05, 4.69) is 4.98 Å². The van der Waals surface area contributed by atoms with Crippen LogP contribution in [0.5, 0.6) is 5.75 Å². The van der Waals surface area contributed by atoms with Crippen LogP contribution < -0.4 is 4.74 Å². The molecule has 0 saturated carbocycles. The summed E-state index contributed by atoms with van der Waals surface area (Å²) in [6.07, 6.45) is 3.75. The van der Waals surface area contributed by atoms with E-state index in [1.165, 1.54) is 12.1 Å². The number of hydrogen-bond acceptors (Lipinski definition) is 3. The Balaban J connectivity index is 1.91. The molecule has 2 aromatic carbocycles. The lowest BCUT2D eigenvalue weighted by atomic mass is 10.2. The standard InChI is InChI=1S/C16H12FNOS/c1-19-13-6-7-14-15(10-13)20-16(18-14)8-5-11-3-2-4-12(17)9-11/h2-10H,1H3. The molecule has 20 heavy (non-hydrogen) atoms. The minimum atomic E-state index is -0.235. The Hall–Kier alpha value is -2.20. The number of halogens is 1. The fourth-order valence-electron chi connectivity index (χ4n) is 1.90. The third kappa shape index (κ3) is 2.70. The van der Waals surface area contributed by atoms with Crippen LogP contribution in [0.25, 0.3) is 22.4 Å². The van der Waals surface area contributed by atoms with Crippen LogP contribution >= 0.6 is 11.3 Å². The molecular formula is C16H12FNOS. The zero-order chi connectivity index (χ0) is 13.9. The largest absolute Gasteiger partial charge is 0.497 e. The van der Waals surface area contributed by atoms with Gasteiger partial charge in [-0.25, -0.2) is 9.37 Å². The lowest BCUT2D eigenvalue weighted by Gasteiger charge is -1.96. The smallest absolute Gasteiger partial charge is 0.123 e. The SMILES string of the molecule is COc1ccc2nc(C=Cc3cccc(F)c3)sc2c1. The lowest BCUT2D eigenvalue weighted by Crippen LogP contribution is -1.80. The number of nitrogens with zero attached hydrogens (tertiary/aromatic N) is 1. The second-order valence-corrected chi connectivity index (χ2v) is 5.34. The van der Waals surface area contributed by atoms with Crippen LogP contribution in [-0.2, 0) is 0 Å². The Labute approximate surface area is 120 Å². The highest BCUT2D eigenvalue weighted by Gasteiger charge is 2.02. The number of thiazole rings is 1. The van der Waals surface area contributed by atoms with Gasteiger partial charge in [0.05, 0.1) is 17.3 Å². The molecule has 1 aromatic heterocycles. The van der Waals surface area contributed by atoms with Crippen LogP contribution in [0.3, 0.4) is 0 Å². The van der Waals surface area contributed by atoms with Gasteiger partial charge in [0.1, 0.15) is 16.6 Å². The molecule has 1 heterocycles. The van der Waals surface area contributed by atoms with E-state index < -0.39 is 0 Å². The molecule has 0 amide bonds. The molecule has 2 nitrogen and oxygen atoms in total. The Morgan fingerprint density at radius 1 is 1.15 bits per heavy atom. The zero-order valence-electron chi connectivity index (χ0n) is 10.8. The summed E-state index contributed by atoms with van der Waals surface area (Å²) in [7, 11) is 1.65. The monoisotopic (exact) mass is 285 g/mol. The third-order valence-electron chi connectivity index (χ3n) is 2.88. The van der Waals surface area contributed by atoms with Gasteiger partial charge in [0.25, 0.3) is 0 Å². The first-order valence-corrected chi connectivity index (χ1v) is 6.94. The molecule has 3 rings (SSSR count). The molecule has 0 aliphatic carbocycles. The van der Waals surface area contributed by atoms with Crippen molar-refractivity contribution in [1.29, 1.82) is 0 Å². The molecule has 0 unspecified atom stereocenters. The predicted octanol–water partition coefficient (Wildman–Crippen LogP) is 4.61. The van der Waals surface area contributed by atoms with Gasteiger partial charge >= 0.3 is 0 Å². The van der Waals surface area contributed by atoms with Crippen LogP contribution in [0.1, 0.15) is 10.6 Å². The first kappa shape index (κ1) is 12.8. The Bertz CT molecular complexity index is 779. The number of ether oxygens (including phenoxy) is 1. The van der Waals surface area contributed by atoms with Gasteiger partial charge in [-0.1, -0.05) is 18.2 Å². The number of rotatable bonds is 3. The van der Waals surface area contributed by atoms with Gasteiger partial charge in [0.2, 0.25) is 0 Å². The lowest BCUT2D eigenvalue weighted by molar-refractivity contribution is 0.415. The fraction of sp³-hybridized carbons (Fsp3) is 0.0625. The molecule has 0 bridgehead atoms. The quantitative estimate of drug-likeness (QED) is 0.701. The fourth-order valence-corrected chi connectivity index (χ4v) is 2.80. The minimum Gasteiger partial charge on any atom is -0.497 e. The van der Waals surface area contributed by atoms with Crippen molar-refractivity contribution in [3.63, 3.8) is 0 Å². The average Bonchev–Trinajstić information content (AvgIpc) is 2.87. The molecule has 4 heteroatoms. The van der Waals surface area contributed by atoms with Gasteiger partial charge in [-0.15, -0.1) is 11.3 Å². The van der Waals surface area contributed by atoms with Crippen LogP contribution in [0.4, 0.5) is 4.39 Å². The highest BCUT2D eigenvalue weighted by Crippen LogP contribution is 2.27. The van der Waals surface area contributed by atoms with Crippen molar-refractivity contribution < 1.29 is 9.13 Å². The van der Waals surface area contributed by atoms with E-state index in [-0.39, 0.29) is 5.82 Å². The molecule has 0 aliphatic rings. The maximum absolute atomic E-state index is 13.1. The van der Waals surface area contributed by atoms with Crippen LogP contribution in [0.2, 0.25) is 0 Å². The van der Waals surface area contributed by atoms with Gasteiger partial charge in [0, 0.05) is 0 Å². The Kier molecular flexibility index (Phi) is 3.48. The van der Waals surface area contributed by atoms with Gasteiger partial charge < -0.3 is 4.74 Å². The molecule has 0 fully saturated rings. The zero-order valence-corrected chi connectivity index (χ0v) is 11.7. The van der Waals surface area contributed by atoms with Gasteiger partial charge in [-0.2, -0.15) is 0 Å². The van der Waals surface area contributed by atoms with Gasteiger partial charge in [-0.3, -0.25) is 0 Å². The molecule has 0 spiro atoms. The van der Waals surface area contributed by atoms with Crippen LogP contribution in [-0.4, -0.2) is 12.1 Å². The Morgan fingerprint density at radius 2 is 2.05 bits per heavy atom. The Morgan fingerprint density at radius 3 is 2.85 bits per heavy atom. The van der Waals surface area contributed by atoms with Crippen LogP contribution in [0.15, 0.2) is 42.5 Å². The summed E-state index contributed by atoms with van der Waals surface area (Å²) in [4.78, 5) is 4.51. The van der Waals surface area contributed by atoms with Gasteiger partial charge in [0.15, 0.2) is 0 Å². The van der Waals surface area contributed by atoms with E-state index in [1.807, 2.05) is 36.4 Å². The maximum atomic E-state index is 13.1. The van der Waals surface area contributed by atoms with Crippen molar-refractivity contribution in [1.82, 2.24) is 4.98 Å². The normalized spacial score (nSPS) is 11.3. The predicted molar refractivity (Wildman–Crippen MR) is 81.5 cm³/mol. The second kappa shape index (κ2) is 5.43. The molecule has 3 aromatic rings. The average molecular weight is 285 g/mol. The molecule has 0 aliphatic heterocycles. The highest BCUT2D eigenvalue weighted by atomic mass is 32.1. The summed E-state index contributed by atoms with van der Waals surface area (Å²) in [6.45, 7) is 0. The van der Waals surface area contributed by atoms with Crippen molar-refractivity contribution in [3.8, 4) is 5.75 Å². The summed E-state index contributed by atoms with van der Waals surface area (Å²) in [5, 5.41) is 0.887. The molecular weight excluding hydrogens is 273 g/mol. The summed E-state index contributed by atoms with van der Waals surface area (Å²) in [6, 6.07) is 12.3. The molecule has 100 valence electrons. The van der Waals surface area contributed by atoms with E-state index in [9.17, 15) is 4.39 Å². The van der Waals surface area contributed by atoms with Crippen molar-refractivity contribution in [3.05, 3.63) is 58.9 Å². The molecule has 0 N–H and O–H groups in total. The minimum absolute atomic E-state index is 0.235. The number of benzene rings is 2. The summed E-state index contributed by atoms with van der Waals surface area (Å²) in [5.74, 6) is 0.586. The van der Waals surface area contributed by atoms with Crippen molar-refractivity contribution in [2.24, 2.45) is 0 Å². The van der Waals surface area contributed by atoms with Gasteiger partial charge in [-0.05, 0) is 42.0 Å². The number of methoxy groups -OCH3 is 1. The summed E-state index contributed by atoms with van der Waals surface area (Å²) >= 11 is 1.58. The highest BCUT2D eigenvalue weighted by molar-refractivity contribution is 7.19. The molecule has 0 saturated heterocycles. The number of aromatic nitrogens is 1. The topological polar surface area (TPSA) is 22.1 Å². The number of fused-ring (bicyclic) bond motifs is 1.